The van der Waals surface area contributed by atoms with Gasteiger partial charge in [-0.1, -0.05) is 18.0 Å². The van der Waals surface area contributed by atoms with Crippen molar-refractivity contribution in [2.45, 2.75) is 51.0 Å². The Morgan fingerprint density at radius 1 is 1.04 bits per heavy atom. The number of rotatable bonds is 12. The number of unbranched alkanes of at least 4 members (excludes halogenated alkanes) is 2. The molecule has 0 aliphatic heterocycles. The van der Waals surface area contributed by atoms with Gasteiger partial charge in [-0.15, -0.1) is 0 Å². The highest BCUT2D eigenvalue weighted by atomic mass is 35.5. The lowest BCUT2D eigenvalue weighted by molar-refractivity contribution is -0.119. The quantitative estimate of drug-likeness (QED) is 0.495. The minimum Gasteiger partial charge on any atom is -0.492 e. The van der Waals surface area contributed by atoms with Gasteiger partial charge in [0.05, 0.1) is 0 Å². The van der Waals surface area contributed by atoms with Crippen LogP contribution in [0.5, 0.6) is 5.75 Å². The first-order valence-electron chi connectivity index (χ1n) is 8.11. The van der Waals surface area contributed by atoms with Gasteiger partial charge in [-0.05, 0) is 49.4 Å². The molecule has 24 heavy (non-hydrogen) atoms. The van der Waals surface area contributed by atoms with E-state index in [1.54, 1.807) is 6.07 Å². The lowest BCUT2D eigenvalue weighted by Crippen LogP contribution is -2.29. The molecule has 7 heteroatoms. The van der Waals surface area contributed by atoms with Gasteiger partial charge >= 0.3 is 0 Å². The molecule has 1 unspecified atom stereocenters. The maximum absolute atomic E-state index is 10.7. The molecule has 0 radical (unpaired) electrons. The van der Waals surface area contributed by atoms with E-state index in [4.69, 9.17) is 33.5 Å². The van der Waals surface area contributed by atoms with Crippen molar-refractivity contribution in [1.29, 1.82) is 0 Å². The van der Waals surface area contributed by atoms with Crippen LogP contribution in [0.25, 0.3) is 0 Å². The van der Waals surface area contributed by atoms with Crippen molar-refractivity contribution in [2.24, 2.45) is 17.2 Å². The van der Waals surface area contributed by atoms with Crippen LogP contribution in [-0.4, -0.2) is 24.5 Å². The van der Waals surface area contributed by atoms with E-state index in [9.17, 15) is 9.59 Å². The molecule has 0 saturated heterocycles. The lowest BCUT2D eigenvalue weighted by Gasteiger charge is -2.13. The fraction of sp³-hybridized carbons (Fsp3) is 0.529. The first kappa shape index (κ1) is 20.3. The molecule has 0 fully saturated rings. The van der Waals surface area contributed by atoms with E-state index >= 15 is 0 Å². The number of halogens is 1. The highest BCUT2D eigenvalue weighted by Crippen LogP contribution is 2.23. The fourth-order valence-corrected chi connectivity index (χ4v) is 2.52. The van der Waals surface area contributed by atoms with Gasteiger partial charge in [-0.3, -0.25) is 9.59 Å². The predicted octanol–water partition coefficient (Wildman–Crippen LogP) is 1.90. The Labute approximate surface area is 147 Å². The number of carbonyl (C=O) groups is 2. The summed E-state index contributed by atoms with van der Waals surface area (Å²) in [6.07, 6.45) is 4.69. The zero-order chi connectivity index (χ0) is 17.9. The van der Waals surface area contributed by atoms with E-state index in [1.165, 1.54) is 0 Å². The fourth-order valence-electron chi connectivity index (χ4n) is 2.27. The minimum atomic E-state index is -0.369. The zero-order valence-corrected chi connectivity index (χ0v) is 14.6. The highest BCUT2D eigenvalue weighted by molar-refractivity contribution is 6.30. The van der Waals surface area contributed by atoms with Crippen LogP contribution in [0.4, 0.5) is 0 Å². The average molecular weight is 356 g/mol. The first-order chi connectivity index (χ1) is 11.4. The molecule has 0 saturated carbocycles. The number of benzene rings is 1. The maximum Gasteiger partial charge on any atom is 0.217 e. The molecule has 0 heterocycles. The van der Waals surface area contributed by atoms with Crippen molar-refractivity contribution in [3.05, 3.63) is 28.8 Å². The summed E-state index contributed by atoms with van der Waals surface area (Å²) < 4.78 is 5.66. The number of primary amides is 2. The smallest absolute Gasteiger partial charge is 0.217 e. The summed E-state index contributed by atoms with van der Waals surface area (Å²) in [5.41, 5.74) is 17.2. The van der Waals surface area contributed by atoms with Gasteiger partial charge in [-0.25, -0.2) is 0 Å². The predicted molar refractivity (Wildman–Crippen MR) is 94.7 cm³/mol. The largest absolute Gasteiger partial charge is 0.492 e. The van der Waals surface area contributed by atoms with Gasteiger partial charge in [0.25, 0.3) is 0 Å². The molecule has 1 rings (SSSR count). The van der Waals surface area contributed by atoms with E-state index in [0.717, 1.165) is 31.2 Å². The molecule has 0 aromatic heterocycles. The molecule has 1 atom stereocenters. The van der Waals surface area contributed by atoms with Gasteiger partial charge in [-0.2, -0.15) is 0 Å². The third-order valence-electron chi connectivity index (χ3n) is 3.55. The third kappa shape index (κ3) is 9.37. The highest BCUT2D eigenvalue weighted by Gasteiger charge is 2.07. The Morgan fingerprint density at radius 3 is 2.42 bits per heavy atom. The second-order valence-electron chi connectivity index (χ2n) is 5.90. The second-order valence-corrected chi connectivity index (χ2v) is 6.33. The Hall–Kier alpha value is -1.79. The molecule has 0 aliphatic rings. The molecule has 134 valence electrons. The van der Waals surface area contributed by atoms with Crippen LogP contribution in [0, 0.1) is 0 Å². The zero-order valence-electron chi connectivity index (χ0n) is 13.8. The van der Waals surface area contributed by atoms with Crippen LogP contribution in [0.3, 0.4) is 0 Å². The Bertz CT molecular complexity index is 552. The second kappa shape index (κ2) is 10.9. The van der Waals surface area contributed by atoms with Crippen LogP contribution < -0.4 is 21.9 Å². The number of aryl methyl sites for hydroxylation is 1. The van der Waals surface area contributed by atoms with E-state index in [0.29, 0.717) is 30.2 Å². The summed E-state index contributed by atoms with van der Waals surface area (Å²) in [7, 11) is 0. The molecule has 2 amide bonds. The van der Waals surface area contributed by atoms with E-state index < -0.39 is 0 Å². The summed E-state index contributed by atoms with van der Waals surface area (Å²) in [6.45, 7) is 0.297. The van der Waals surface area contributed by atoms with Gasteiger partial charge in [0, 0.05) is 23.9 Å². The summed E-state index contributed by atoms with van der Waals surface area (Å²) in [5.74, 6) is 0.0251. The summed E-state index contributed by atoms with van der Waals surface area (Å²) in [6, 6.07) is 5.31. The number of amides is 2. The van der Waals surface area contributed by atoms with Crippen molar-refractivity contribution >= 4 is 23.4 Å². The molecule has 0 bridgehead atoms. The van der Waals surface area contributed by atoms with Gasteiger partial charge in [0.1, 0.15) is 12.4 Å². The number of ether oxygens (including phenoxy) is 1. The molecule has 0 aliphatic carbocycles. The van der Waals surface area contributed by atoms with Gasteiger partial charge < -0.3 is 21.9 Å². The van der Waals surface area contributed by atoms with E-state index in [1.807, 2.05) is 12.1 Å². The molecule has 6 nitrogen and oxygen atoms in total. The molecule has 1 aromatic carbocycles. The van der Waals surface area contributed by atoms with Crippen LogP contribution in [-0.2, 0) is 16.0 Å². The number of nitrogens with two attached hydrogens (primary N) is 3. The SMILES string of the molecule is NC(=O)CCCCCc1cc(Cl)cc(OCC(N)CCC(N)=O)c1. The van der Waals surface area contributed by atoms with Crippen LogP contribution in [0.15, 0.2) is 18.2 Å². The van der Waals surface area contributed by atoms with Crippen molar-refractivity contribution in [2.75, 3.05) is 6.61 Å². The van der Waals surface area contributed by atoms with Crippen molar-refractivity contribution in [3.8, 4) is 5.75 Å². The summed E-state index contributed by atoms with van der Waals surface area (Å²) >= 11 is 6.12. The maximum atomic E-state index is 10.7. The van der Waals surface area contributed by atoms with E-state index in [-0.39, 0.29) is 24.3 Å². The summed E-state index contributed by atoms with van der Waals surface area (Å²) in [5, 5.41) is 0.602. The topological polar surface area (TPSA) is 121 Å². The van der Waals surface area contributed by atoms with Crippen molar-refractivity contribution < 1.29 is 14.3 Å². The van der Waals surface area contributed by atoms with Crippen LogP contribution in [0.2, 0.25) is 5.02 Å². The molecule has 6 N–H and O–H groups in total. The normalized spacial score (nSPS) is 11.9. The Kier molecular flexibility index (Phi) is 9.19. The average Bonchev–Trinajstić information content (AvgIpc) is 2.49. The van der Waals surface area contributed by atoms with Crippen molar-refractivity contribution in [3.63, 3.8) is 0 Å². The Balaban J connectivity index is 2.41. The standard InChI is InChI=1S/C17H26ClN3O3/c18-13-8-12(4-2-1-3-5-16(20)22)9-15(10-13)24-11-14(19)6-7-17(21)23/h8-10,14H,1-7,11,19H2,(H2,20,22)(H2,21,23). The monoisotopic (exact) mass is 355 g/mol. The van der Waals surface area contributed by atoms with E-state index in [2.05, 4.69) is 0 Å². The van der Waals surface area contributed by atoms with Crippen molar-refractivity contribution in [1.82, 2.24) is 0 Å². The van der Waals surface area contributed by atoms with Crippen LogP contribution in [0.1, 0.15) is 44.1 Å². The number of hydrogen-bond acceptors (Lipinski definition) is 4. The molecular formula is C17H26ClN3O3. The number of hydrogen-bond donors (Lipinski definition) is 3. The minimum absolute atomic E-state index is 0.247. The number of carbonyl (C=O) groups excluding carboxylic acids is 2. The molecule has 0 spiro atoms. The van der Waals surface area contributed by atoms with Gasteiger partial charge in [0.15, 0.2) is 0 Å². The van der Waals surface area contributed by atoms with Gasteiger partial charge in [0.2, 0.25) is 11.8 Å². The van der Waals surface area contributed by atoms with Crippen LogP contribution >= 0.6 is 11.6 Å². The molecule has 1 aromatic rings. The summed E-state index contributed by atoms with van der Waals surface area (Å²) in [4.78, 5) is 21.4. The third-order valence-corrected chi connectivity index (χ3v) is 3.76. The molecular weight excluding hydrogens is 330 g/mol. The lowest BCUT2D eigenvalue weighted by atomic mass is 10.1. The first-order valence-corrected chi connectivity index (χ1v) is 8.49. The Morgan fingerprint density at radius 2 is 1.75 bits per heavy atom.